The molecular formula is C15H21NO3. The molecule has 1 aliphatic rings. The number of rotatable bonds is 6. The van der Waals surface area contributed by atoms with Gasteiger partial charge >= 0.3 is 0 Å². The summed E-state index contributed by atoms with van der Waals surface area (Å²) in [6.45, 7) is 3.29. The first-order chi connectivity index (χ1) is 9.28. The topological polar surface area (TPSA) is 40.0 Å². The van der Waals surface area contributed by atoms with Crippen LogP contribution in [-0.4, -0.2) is 33.3 Å². The van der Waals surface area contributed by atoms with E-state index in [1.54, 1.807) is 14.2 Å². The van der Waals surface area contributed by atoms with E-state index < -0.39 is 0 Å². The van der Waals surface area contributed by atoms with Crippen molar-refractivity contribution < 1.29 is 14.2 Å². The minimum absolute atomic E-state index is 0.594. The first kappa shape index (κ1) is 13.7. The molecule has 0 atom stereocenters. The Morgan fingerprint density at radius 2 is 2.11 bits per heavy atom. The minimum Gasteiger partial charge on any atom is -0.493 e. The molecule has 0 N–H and O–H groups in total. The molecule has 1 aliphatic carbocycles. The van der Waals surface area contributed by atoms with Gasteiger partial charge in [-0.3, -0.25) is 4.99 Å². The monoisotopic (exact) mass is 263 g/mol. The second kappa shape index (κ2) is 6.45. The molecule has 0 heterocycles. The lowest BCUT2D eigenvalue weighted by Crippen LogP contribution is -2.08. The average Bonchev–Trinajstić information content (AvgIpc) is 3.26. The zero-order chi connectivity index (χ0) is 13.7. The van der Waals surface area contributed by atoms with E-state index in [4.69, 9.17) is 14.2 Å². The first-order valence-electron chi connectivity index (χ1n) is 6.69. The van der Waals surface area contributed by atoms with Gasteiger partial charge in [-0.25, -0.2) is 0 Å². The van der Waals surface area contributed by atoms with Crippen molar-refractivity contribution in [2.24, 2.45) is 10.9 Å². The molecule has 0 spiro atoms. The second-order valence-corrected chi connectivity index (χ2v) is 4.58. The maximum absolute atomic E-state index is 5.83. The maximum Gasteiger partial charge on any atom is 0.215 e. The van der Waals surface area contributed by atoms with Crippen LogP contribution in [0.2, 0.25) is 0 Å². The summed E-state index contributed by atoms with van der Waals surface area (Å²) in [5.41, 5.74) is 0.913. The number of ether oxygens (including phenoxy) is 3. The van der Waals surface area contributed by atoms with Crippen LogP contribution in [0.15, 0.2) is 23.2 Å². The third kappa shape index (κ3) is 3.63. The molecule has 19 heavy (non-hydrogen) atoms. The highest BCUT2D eigenvalue weighted by Gasteiger charge is 2.22. The van der Waals surface area contributed by atoms with Crippen molar-refractivity contribution in [1.29, 1.82) is 0 Å². The van der Waals surface area contributed by atoms with Crippen LogP contribution in [-0.2, 0) is 4.74 Å². The Morgan fingerprint density at radius 1 is 1.32 bits per heavy atom. The fourth-order valence-electron chi connectivity index (χ4n) is 1.83. The number of hydrogen-bond acceptors (Lipinski definition) is 4. The van der Waals surface area contributed by atoms with Gasteiger partial charge in [0.1, 0.15) is 0 Å². The van der Waals surface area contributed by atoms with Crippen LogP contribution in [0.25, 0.3) is 0 Å². The van der Waals surface area contributed by atoms with E-state index in [1.807, 2.05) is 25.1 Å². The van der Waals surface area contributed by atoms with Crippen molar-refractivity contribution in [3.05, 3.63) is 23.8 Å². The maximum atomic E-state index is 5.83. The van der Waals surface area contributed by atoms with Gasteiger partial charge in [-0.15, -0.1) is 0 Å². The van der Waals surface area contributed by atoms with Crippen molar-refractivity contribution in [3.63, 3.8) is 0 Å². The molecule has 0 radical (unpaired) electrons. The van der Waals surface area contributed by atoms with E-state index in [1.165, 1.54) is 12.8 Å². The van der Waals surface area contributed by atoms with Gasteiger partial charge in [-0.05, 0) is 43.9 Å². The van der Waals surface area contributed by atoms with E-state index in [0.717, 1.165) is 23.7 Å². The molecular weight excluding hydrogens is 242 g/mol. The smallest absolute Gasteiger partial charge is 0.215 e. The van der Waals surface area contributed by atoms with E-state index in [0.29, 0.717) is 18.4 Å². The summed E-state index contributed by atoms with van der Waals surface area (Å²) in [5.74, 6) is 2.84. The molecule has 1 saturated carbocycles. The van der Waals surface area contributed by atoms with E-state index in [-0.39, 0.29) is 0 Å². The van der Waals surface area contributed by atoms with E-state index in [2.05, 4.69) is 4.99 Å². The highest BCUT2D eigenvalue weighted by atomic mass is 16.5. The van der Waals surface area contributed by atoms with Crippen LogP contribution in [0.4, 0.5) is 0 Å². The molecule has 4 heteroatoms. The summed E-state index contributed by atoms with van der Waals surface area (Å²) in [6.07, 6.45) is 2.53. The largest absolute Gasteiger partial charge is 0.493 e. The summed E-state index contributed by atoms with van der Waals surface area (Å²) in [4.78, 5) is 4.15. The molecule has 1 aromatic carbocycles. The summed E-state index contributed by atoms with van der Waals surface area (Å²) < 4.78 is 16.6. The van der Waals surface area contributed by atoms with Gasteiger partial charge in [-0.1, -0.05) is 0 Å². The normalized spacial score (nSPS) is 15.2. The Kier molecular flexibility index (Phi) is 4.66. The van der Waals surface area contributed by atoms with Gasteiger partial charge < -0.3 is 14.2 Å². The molecule has 0 amide bonds. The minimum atomic E-state index is 0.594. The van der Waals surface area contributed by atoms with Gasteiger partial charge in [-0.2, -0.15) is 0 Å². The third-order valence-electron chi connectivity index (χ3n) is 3.07. The lowest BCUT2D eigenvalue weighted by atomic mass is 10.2. The van der Waals surface area contributed by atoms with Crippen molar-refractivity contribution in [2.75, 3.05) is 27.4 Å². The molecule has 0 unspecified atom stereocenters. The summed E-state index contributed by atoms with van der Waals surface area (Å²) >= 11 is 0. The first-order valence-corrected chi connectivity index (χ1v) is 6.69. The molecule has 104 valence electrons. The molecule has 4 nitrogen and oxygen atoms in total. The summed E-state index contributed by atoms with van der Waals surface area (Å²) in [6, 6.07) is 5.75. The van der Waals surface area contributed by atoms with Crippen LogP contribution in [0.1, 0.15) is 25.3 Å². The predicted octanol–water partition coefficient (Wildman–Crippen LogP) is 2.90. The Bertz CT molecular complexity index is 453. The van der Waals surface area contributed by atoms with Gasteiger partial charge in [0.25, 0.3) is 0 Å². The van der Waals surface area contributed by atoms with Gasteiger partial charge in [0.2, 0.25) is 5.90 Å². The zero-order valence-electron chi connectivity index (χ0n) is 11.8. The van der Waals surface area contributed by atoms with Crippen LogP contribution in [0, 0.1) is 5.92 Å². The molecule has 0 bridgehead atoms. The summed E-state index contributed by atoms with van der Waals surface area (Å²) in [5, 5.41) is 0. The Balaban J connectivity index is 2.17. The molecule has 0 aliphatic heterocycles. The Labute approximate surface area is 114 Å². The van der Waals surface area contributed by atoms with E-state index >= 15 is 0 Å². The predicted molar refractivity (Wildman–Crippen MR) is 75.3 cm³/mol. The zero-order valence-corrected chi connectivity index (χ0v) is 11.8. The number of aliphatic imine (C=N–C) groups is 1. The highest BCUT2D eigenvalue weighted by Crippen LogP contribution is 2.33. The molecule has 1 fully saturated rings. The van der Waals surface area contributed by atoms with E-state index in [9.17, 15) is 0 Å². The quantitative estimate of drug-likeness (QED) is 0.585. The van der Waals surface area contributed by atoms with Gasteiger partial charge in [0.15, 0.2) is 11.5 Å². The van der Waals surface area contributed by atoms with Gasteiger partial charge in [0, 0.05) is 12.6 Å². The van der Waals surface area contributed by atoms with Gasteiger partial charge in [0.05, 0.1) is 20.3 Å². The molecule has 0 aromatic heterocycles. The Hall–Kier alpha value is -1.71. The fraction of sp³-hybridized carbons (Fsp3) is 0.533. The molecule has 1 aromatic rings. The third-order valence-corrected chi connectivity index (χ3v) is 3.07. The average molecular weight is 263 g/mol. The van der Waals surface area contributed by atoms with Crippen LogP contribution in [0.3, 0.4) is 0 Å². The van der Waals surface area contributed by atoms with Crippen molar-refractivity contribution in [2.45, 2.75) is 19.8 Å². The Morgan fingerprint density at radius 3 is 2.68 bits per heavy atom. The fourth-order valence-corrected chi connectivity index (χ4v) is 1.83. The standard InChI is InChI=1S/C15H21NO3/c1-4-18-15(16-2)12-7-8-13(17-3)14(9-12)19-10-11-5-6-11/h7-9,11H,4-6,10H2,1-3H3. The number of benzene rings is 1. The molecule has 0 saturated heterocycles. The lowest BCUT2D eigenvalue weighted by molar-refractivity contribution is 0.280. The lowest BCUT2D eigenvalue weighted by Gasteiger charge is -2.13. The highest BCUT2D eigenvalue weighted by molar-refractivity contribution is 5.94. The van der Waals surface area contributed by atoms with Crippen LogP contribution >= 0.6 is 0 Å². The SMILES string of the molecule is CCOC(=NC)c1ccc(OC)c(OCC2CC2)c1. The van der Waals surface area contributed by atoms with Crippen molar-refractivity contribution in [1.82, 2.24) is 0 Å². The van der Waals surface area contributed by atoms with Crippen molar-refractivity contribution >= 4 is 5.90 Å². The number of hydrogen-bond donors (Lipinski definition) is 0. The second-order valence-electron chi connectivity index (χ2n) is 4.58. The number of nitrogens with zero attached hydrogens (tertiary/aromatic N) is 1. The van der Waals surface area contributed by atoms with Crippen LogP contribution < -0.4 is 9.47 Å². The molecule has 2 rings (SSSR count). The van der Waals surface area contributed by atoms with Crippen molar-refractivity contribution in [3.8, 4) is 11.5 Å². The van der Waals surface area contributed by atoms with Crippen LogP contribution in [0.5, 0.6) is 11.5 Å². The number of methoxy groups -OCH3 is 1. The summed E-state index contributed by atoms with van der Waals surface area (Å²) in [7, 11) is 3.37.